The Balaban J connectivity index is 2.20. The number of aryl methyl sites for hydroxylation is 1. The molecule has 4 heteroatoms. The molecule has 0 unspecified atom stereocenters. The predicted octanol–water partition coefficient (Wildman–Crippen LogP) is 3.01. The minimum atomic E-state index is -0.337. The number of carbonyl (C=O) groups is 2. The number of rotatable bonds is 4. The lowest BCUT2D eigenvalue weighted by atomic mass is 9.86. The monoisotopic (exact) mass is 289 g/mol. The summed E-state index contributed by atoms with van der Waals surface area (Å²) in [6.07, 6.45) is 3.49. The van der Waals surface area contributed by atoms with Crippen molar-refractivity contribution in [1.29, 1.82) is 0 Å². The molecule has 1 aliphatic rings. The van der Waals surface area contributed by atoms with Gasteiger partial charge in [0.25, 0.3) is 0 Å². The summed E-state index contributed by atoms with van der Waals surface area (Å²) >= 11 is 0. The maximum atomic E-state index is 12.0. The highest BCUT2D eigenvalue weighted by molar-refractivity contribution is 5.89. The standard InChI is InChI=1S/C17H23NO3/c1-11(2)9-16(19)18-15-6-4-5-12-7-8-13(10-14(12)15)17(20)21-3/h7-8,10-11,15H,4-6,9H2,1-3H3,(H,18,19)/t15-/m1/s1. The summed E-state index contributed by atoms with van der Waals surface area (Å²) in [5.74, 6) is 0.0800. The van der Waals surface area contributed by atoms with Gasteiger partial charge in [0, 0.05) is 6.42 Å². The van der Waals surface area contributed by atoms with Gasteiger partial charge in [0.05, 0.1) is 18.7 Å². The maximum absolute atomic E-state index is 12.0. The Morgan fingerprint density at radius 1 is 1.38 bits per heavy atom. The van der Waals surface area contributed by atoms with Crippen LogP contribution in [0.5, 0.6) is 0 Å². The van der Waals surface area contributed by atoms with Gasteiger partial charge in [-0.05, 0) is 48.4 Å². The van der Waals surface area contributed by atoms with E-state index >= 15 is 0 Å². The number of hydrogen-bond donors (Lipinski definition) is 1. The van der Waals surface area contributed by atoms with Gasteiger partial charge in [-0.2, -0.15) is 0 Å². The molecule has 114 valence electrons. The van der Waals surface area contributed by atoms with Crippen LogP contribution in [0.15, 0.2) is 18.2 Å². The molecule has 21 heavy (non-hydrogen) atoms. The smallest absolute Gasteiger partial charge is 0.337 e. The molecule has 1 aromatic rings. The van der Waals surface area contributed by atoms with Gasteiger partial charge in [-0.15, -0.1) is 0 Å². The largest absolute Gasteiger partial charge is 0.465 e. The van der Waals surface area contributed by atoms with Crippen molar-refractivity contribution in [3.8, 4) is 0 Å². The number of ether oxygens (including phenoxy) is 1. The van der Waals surface area contributed by atoms with Crippen LogP contribution < -0.4 is 5.32 Å². The molecule has 0 bridgehead atoms. The number of esters is 1. The lowest BCUT2D eigenvalue weighted by molar-refractivity contribution is -0.122. The van der Waals surface area contributed by atoms with E-state index < -0.39 is 0 Å². The molecule has 0 aromatic heterocycles. The van der Waals surface area contributed by atoms with Gasteiger partial charge in [-0.1, -0.05) is 19.9 Å². The fourth-order valence-electron chi connectivity index (χ4n) is 2.82. The zero-order chi connectivity index (χ0) is 15.4. The summed E-state index contributed by atoms with van der Waals surface area (Å²) in [5, 5.41) is 3.10. The van der Waals surface area contributed by atoms with Crippen molar-refractivity contribution in [2.24, 2.45) is 5.92 Å². The van der Waals surface area contributed by atoms with E-state index in [4.69, 9.17) is 4.74 Å². The van der Waals surface area contributed by atoms with Crippen molar-refractivity contribution in [2.75, 3.05) is 7.11 Å². The summed E-state index contributed by atoms with van der Waals surface area (Å²) in [6.45, 7) is 4.06. The van der Waals surface area contributed by atoms with Crippen LogP contribution in [-0.2, 0) is 16.0 Å². The minimum absolute atomic E-state index is 0.00426. The van der Waals surface area contributed by atoms with Gasteiger partial charge >= 0.3 is 5.97 Å². The van der Waals surface area contributed by atoms with Crippen LogP contribution in [0.1, 0.15) is 60.6 Å². The molecule has 0 radical (unpaired) electrons. The van der Waals surface area contributed by atoms with Crippen molar-refractivity contribution < 1.29 is 14.3 Å². The van der Waals surface area contributed by atoms with Gasteiger partial charge in [0.15, 0.2) is 0 Å². The van der Waals surface area contributed by atoms with E-state index in [1.807, 2.05) is 26.0 Å². The van der Waals surface area contributed by atoms with Crippen LogP contribution in [0.3, 0.4) is 0 Å². The first kappa shape index (κ1) is 15.5. The van der Waals surface area contributed by atoms with Crippen molar-refractivity contribution in [3.05, 3.63) is 34.9 Å². The average Bonchev–Trinajstić information content (AvgIpc) is 2.45. The molecule has 0 heterocycles. The first-order valence-electron chi connectivity index (χ1n) is 7.51. The molecule has 4 nitrogen and oxygen atoms in total. The zero-order valence-corrected chi connectivity index (χ0v) is 12.9. The molecule has 1 aromatic carbocycles. The molecule has 1 atom stereocenters. The summed E-state index contributed by atoms with van der Waals surface area (Å²) < 4.78 is 4.77. The Labute approximate surface area is 125 Å². The topological polar surface area (TPSA) is 55.4 Å². The second-order valence-corrected chi connectivity index (χ2v) is 6.02. The Bertz CT molecular complexity index is 537. The molecule has 1 aliphatic carbocycles. The van der Waals surface area contributed by atoms with E-state index in [1.165, 1.54) is 12.7 Å². The summed E-state index contributed by atoms with van der Waals surface area (Å²) in [5.41, 5.74) is 2.81. The van der Waals surface area contributed by atoms with E-state index in [2.05, 4.69) is 5.32 Å². The van der Waals surface area contributed by atoms with Gasteiger partial charge in [0.1, 0.15) is 0 Å². The number of carbonyl (C=O) groups excluding carboxylic acids is 2. The lowest BCUT2D eigenvalue weighted by Crippen LogP contribution is -2.31. The predicted molar refractivity (Wildman–Crippen MR) is 81.1 cm³/mol. The molecule has 2 rings (SSSR count). The van der Waals surface area contributed by atoms with Gasteiger partial charge in [-0.3, -0.25) is 4.79 Å². The zero-order valence-electron chi connectivity index (χ0n) is 12.9. The lowest BCUT2D eigenvalue weighted by Gasteiger charge is -2.27. The van der Waals surface area contributed by atoms with Crippen molar-refractivity contribution in [2.45, 2.75) is 45.6 Å². The molecule has 0 saturated carbocycles. The Kier molecular flexibility index (Phi) is 4.99. The highest BCUT2D eigenvalue weighted by atomic mass is 16.5. The third-order valence-corrected chi connectivity index (χ3v) is 3.81. The first-order valence-corrected chi connectivity index (χ1v) is 7.51. The Morgan fingerprint density at radius 2 is 2.14 bits per heavy atom. The number of fused-ring (bicyclic) bond motifs is 1. The second kappa shape index (κ2) is 6.74. The van der Waals surface area contributed by atoms with Crippen LogP contribution in [-0.4, -0.2) is 19.0 Å². The normalized spacial score (nSPS) is 17.2. The number of nitrogens with one attached hydrogen (secondary N) is 1. The fraction of sp³-hybridized carbons (Fsp3) is 0.529. The van der Waals surface area contributed by atoms with E-state index in [-0.39, 0.29) is 17.9 Å². The quantitative estimate of drug-likeness (QED) is 0.867. The number of hydrogen-bond acceptors (Lipinski definition) is 3. The maximum Gasteiger partial charge on any atom is 0.337 e. The third-order valence-electron chi connectivity index (χ3n) is 3.81. The molecule has 0 aliphatic heterocycles. The Hall–Kier alpha value is -1.84. The van der Waals surface area contributed by atoms with Crippen LogP contribution >= 0.6 is 0 Å². The van der Waals surface area contributed by atoms with E-state index in [0.29, 0.717) is 17.9 Å². The summed E-state index contributed by atoms with van der Waals surface area (Å²) in [4.78, 5) is 23.7. The van der Waals surface area contributed by atoms with Crippen LogP contribution in [0.4, 0.5) is 0 Å². The van der Waals surface area contributed by atoms with Gasteiger partial charge in [0.2, 0.25) is 5.91 Å². The highest BCUT2D eigenvalue weighted by Gasteiger charge is 2.23. The van der Waals surface area contributed by atoms with E-state index in [1.54, 1.807) is 6.07 Å². The fourth-order valence-corrected chi connectivity index (χ4v) is 2.82. The van der Waals surface area contributed by atoms with Crippen LogP contribution in [0.25, 0.3) is 0 Å². The second-order valence-electron chi connectivity index (χ2n) is 6.02. The molecular formula is C17H23NO3. The van der Waals surface area contributed by atoms with Crippen molar-refractivity contribution in [1.82, 2.24) is 5.32 Å². The Morgan fingerprint density at radius 3 is 2.81 bits per heavy atom. The first-order chi connectivity index (χ1) is 10.0. The van der Waals surface area contributed by atoms with Gasteiger partial charge in [-0.25, -0.2) is 4.79 Å². The van der Waals surface area contributed by atoms with Crippen LogP contribution in [0.2, 0.25) is 0 Å². The summed E-state index contributed by atoms with van der Waals surface area (Å²) in [7, 11) is 1.38. The van der Waals surface area contributed by atoms with E-state index in [0.717, 1.165) is 24.8 Å². The van der Waals surface area contributed by atoms with Crippen LogP contribution in [0, 0.1) is 5.92 Å². The summed E-state index contributed by atoms with van der Waals surface area (Å²) in [6, 6.07) is 5.64. The molecular weight excluding hydrogens is 266 g/mol. The SMILES string of the molecule is COC(=O)c1ccc2c(c1)[C@H](NC(=O)CC(C)C)CCC2. The number of methoxy groups -OCH3 is 1. The molecule has 0 saturated heterocycles. The number of benzene rings is 1. The van der Waals surface area contributed by atoms with Crippen molar-refractivity contribution >= 4 is 11.9 Å². The highest BCUT2D eigenvalue weighted by Crippen LogP contribution is 2.30. The average molecular weight is 289 g/mol. The molecule has 0 fully saturated rings. The number of amides is 1. The van der Waals surface area contributed by atoms with E-state index in [9.17, 15) is 9.59 Å². The molecule has 1 N–H and O–H groups in total. The van der Waals surface area contributed by atoms with Crippen molar-refractivity contribution in [3.63, 3.8) is 0 Å². The third kappa shape index (κ3) is 3.84. The molecule has 1 amide bonds. The molecule has 0 spiro atoms. The van der Waals surface area contributed by atoms with Gasteiger partial charge < -0.3 is 10.1 Å². The minimum Gasteiger partial charge on any atom is -0.465 e.